The smallest absolute Gasteiger partial charge is 0.328 e. The lowest BCUT2D eigenvalue weighted by molar-refractivity contribution is -0.131. The maximum atomic E-state index is 10.6. The van der Waals surface area contributed by atoms with Gasteiger partial charge in [-0.05, 0) is 49.7 Å². The van der Waals surface area contributed by atoms with E-state index in [0.29, 0.717) is 5.92 Å². The molecule has 0 aromatic heterocycles. The third kappa shape index (κ3) is 3.19. The van der Waals surface area contributed by atoms with Crippen LogP contribution in [-0.4, -0.2) is 11.1 Å². The summed E-state index contributed by atoms with van der Waals surface area (Å²) in [5.41, 5.74) is 4.99. The van der Waals surface area contributed by atoms with E-state index in [4.69, 9.17) is 5.11 Å². The SMILES string of the molecule is CC(/C=C/C1CC1(C)c1cc(C)cc(C)c1)=C\C(=O)O. The summed E-state index contributed by atoms with van der Waals surface area (Å²) in [7, 11) is 0. The summed E-state index contributed by atoms with van der Waals surface area (Å²) in [4.78, 5) is 10.6. The number of carboxylic acids is 1. The summed E-state index contributed by atoms with van der Waals surface area (Å²) in [6, 6.07) is 6.72. The van der Waals surface area contributed by atoms with E-state index in [1.165, 1.54) is 22.8 Å². The highest BCUT2D eigenvalue weighted by Gasteiger charge is 2.49. The fraction of sp³-hybridized carbons (Fsp3) is 0.389. The molecule has 2 unspecified atom stereocenters. The molecule has 0 radical (unpaired) electrons. The molecule has 1 aromatic carbocycles. The maximum absolute atomic E-state index is 10.6. The molecule has 0 saturated heterocycles. The molecule has 1 N–H and O–H groups in total. The third-order valence-corrected chi connectivity index (χ3v) is 4.13. The van der Waals surface area contributed by atoms with Crippen LogP contribution >= 0.6 is 0 Å². The fourth-order valence-electron chi connectivity index (χ4n) is 2.83. The average Bonchev–Trinajstić information content (AvgIpc) is 2.97. The number of carbonyl (C=O) groups is 1. The highest BCUT2D eigenvalue weighted by molar-refractivity contribution is 5.81. The molecule has 0 spiro atoms. The predicted octanol–water partition coefficient (Wildman–Crippen LogP) is 4.17. The number of benzene rings is 1. The molecule has 1 aliphatic carbocycles. The Morgan fingerprint density at radius 3 is 2.45 bits per heavy atom. The largest absolute Gasteiger partial charge is 0.478 e. The minimum absolute atomic E-state index is 0.205. The molecule has 1 saturated carbocycles. The number of allylic oxidation sites excluding steroid dienone is 3. The Balaban J connectivity index is 2.13. The van der Waals surface area contributed by atoms with Gasteiger partial charge in [0.05, 0.1) is 0 Å². The first-order valence-electron chi connectivity index (χ1n) is 6.99. The molecule has 0 bridgehead atoms. The van der Waals surface area contributed by atoms with Crippen LogP contribution in [0.1, 0.15) is 37.0 Å². The second-order valence-electron chi connectivity index (χ2n) is 6.19. The van der Waals surface area contributed by atoms with Crippen molar-refractivity contribution in [1.82, 2.24) is 0 Å². The predicted molar refractivity (Wildman–Crippen MR) is 81.9 cm³/mol. The van der Waals surface area contributed by atoms with Crippen LogP contribution in [-0.2, 0) is 10.2 Å². The Hall–Kier alpha value is -1.83. The van der Waals surface area contributed by atoms with Crippen LogP contribution < -0.4 is 0 Å². The molecule has 2 rings (SSSR count). The van der Waals surface area contributed by atoms with Crippen molar-refractivity contribution in [3.8, 4) is 0 Å². The monoisotopic (exact) mass is 270 g/mol. The van der Waals surface area contributed by atoms with Gasteiger partial charge < -0.3 is 5.11 Å². The zero-order valence-corrected chi connectivity index (χ0v) is 12.6. The highest BCUT2D eigenvalue weighted by atomic mass is 16.4. The molecule has 0 aliphatic heterocycles. The molecule has 2 nitrogen and oxygen atoms in total. The number of rotatable bonds is 4. The Bertz CT molecular complexity index is 575. The number of aliphatic carboxylic acids is 1. The molecular weight excluding hydrogens is 248 g/mol. The van der Waals surface area contributed by atoms with Crippen LogP contribution in [0.4, 0.5) is 0 Å². The summed E-state index contributed by atoms with van der Waals surface area (Å²) >= 11 is 0. The van der Waals surface area contributed by atoms with Gasteiger partial charge in [-0.3, -0.25) is 0 Å². The zero-order chi connectivity index (χ0) is 14.9. The molecule has 0 amide bonds. The lowest BCUT2D eigenvalue weighted by Crippen LogP contribution is -2.04. The van der Waals surface area contributed by atoms with Crippen molar-refractivity contribution in [3.63, 3.8) is 0 Å². The topological polar surface area (TPSA) is 37.3 Å². The Labute approximate surface area is 120 Å². The summed E-state index contributed by atoms with van der Waals surface area (Å²) < 4.78 is 0. The van der Waals surface area contributed by atoms with Crippen molar-refractivity contribution < 1.29 is 9.90 Å². The molecule has 2 atom stereocenters. The number of hydrogen-bond donors (Lipinski definition) is 1. The normalized spacial score (nSPS) is 26.0. The van der Waals surface area contributed by atoms with Crippen molar-refractivity contribution in [1.29, 1.82) is 0 Å². The molecule has 0 heterocycles. The van der Waals surface area contributed by atoms with Crippen molar-refractivity contribution in [2.24, 2.45) is 5.92 Å². The van der Waals surface area contributed by atoms with Crippen molar-refractivity contribution in [2.75, 3.05) is 0 Å². The first kappa shape index (κ1) is 14.6. The molecule has 106 valence electrons. The van der Waals surface area contributed by atoms with E-state index in [9.17, 15) is 4.79 Å². The number of carboxylic acid groups (broad SMARTS) is 1. The van der Waals surface area contributed by atoms with E-state index in [2.05, 4.69) is 45.0 Å². The molecule has 1 aliphatic rings. The van der Waals surface area contributed by atoms with Crippen LogP contribution in [0.3, 0.4) is 0 Å². The van der Waals surface area contributed by atoms with Gasteiger partial charge in [-0.15, -0.1) is 0 Å². The van der Waals surface area contributed by atoms with Crippen LogP contribution in [0.15, 0.2) is 42.0 Å². The average molecular weight is 270 g/mol. The summed E-state index contributed by atoms with van der Waals surface area (Å²) in [5, 5.41) is 8.70. The van der Waals surface area contributed by atoms with Gasteiger partial charge in [-0.25, -0.2) is 4.79 Å². The van der Waals surface area contributed by atoms with E-state index in [1.54, 1.807) is 0 Å². The van der Waals surface area contributed by atoms with Crippen LogP contribution in [0.25, 0.3) is 0 Å². The van der Waals surface area contributed by atoms with Gasteiger partial charge in [-0.2, -0.15) is 0 Å². The number of aryl methyl sites for hydroxylation is 2. The van der Waals surface area contributed by atoms with E-state index in [1.807, 2.05) is 13.0 Å². The second-order valence-corrected chi connectivity index (χ2v) is 6.19. The van der Waals surface area contributed by atoms with Gasteiger partial charge in [0.15, 0.2) is 0 Å². The Morgan fingerprint density at radius 1 is 1.30 bits per heavy atom. The minimum atomic E-state index is -0.889. The van der Waals surface area contributed by atoms with E-state index in [-0.39, 0.29) is 5.41 Å². The molecule has 1 fully saturated rings. The highest BCUT2D eigenvalue weighted by Crippen LogP contribution is 2.55. The minimum Gasteiger partial charge on any atom is -0.478 e. The van der Waals surface area contributed by atoms with Gasteiger partial charge in [0.1, 0.15) is 0 Å². The lowest BCUT2D eigenvalue weighted by Gasteiger charge is -2.12. The molecule has 20 heavy (non-hydrogen) atoms. The maximum Gasteiger partial charge on any atom is 0.328 e. The first-order valence-corrected chi connectivity index (χ1v) is 6.99. The summed E-state index contributed by atoms with van der Waals surface area (Å²) in [5.74, 6) is -0.388. The van der Waals surface area contributed by atoms with Crippen LogP contribution in [0.2, 0.25) is 0 Å². The van der Waals surface area contributed by atoms with Gasteiger partial charge in [-0.1, -0.05) is 48.4 Å². The number of hydrogen-bond acceptors (Lipinski definition) is 1. The van der Waals surface area contributed by atoms with Crippen molar-refractivity contribution in [3.05, 3.63) is 58.7 Å². The first-order chi connectivity index (χ1) is 9.31. The zero-order valence-electron chi connectivity index (χ0n) is 12.6. The van der Waals surface area contributed by atoms with E-state index in [0.717, 1.165) is 12.0 Å². The van der Waals surface area contributed by atoms with Gasteiger partial charge in [0.2, 0.25) is 0 Å². The van der Waals surface area contributed by atoms with Crippen molar-refractivity contribution in [2.45, 2.75) is 39.5 Å². The Morgan fingerprint density at radius 2 is 1.90 bits per heavy atom. The standard InChI is InChI=1S/C18H22O2/c1-12(10-17(19)20)5-6-15-11-18(15,4)16-8-13(2)7-14(3)9-16/h5-10,15H,11H2,1-4H3,(H,19,20)/b6-5+,12-10+. The lowest BCUT2D eigenvalue weighted by atomic mass is 9.92. The van der Waals surface area contributed by atoms with Crippen molar-refractivity contribution >= 4 is 5.97 Å². The summed E-state index contributed by atoms with van der Waals surface area (Å²) in [6.07, 6.45) is 6.44. The quantitative estimate of drug-likeness (QED) is 0.658. The van der Waals surface area contributed by atoms with E-state index >= 15 is 0 Å². The third-order valence-electron chi connectivity index (χ3n) is 4.13. The van der Waals surface area contributed by atoms with Gasteiger partial charge in [0, 0.05) is 6.08 Å². The second kappa shape index (κ2) is 5.28. The molecule has 2 heteroatoms. The molecular formula is C18H22O2. The fourth-order valence-corrected chi connectivity index (χ4v) is 2.83. The van der Waals surface area contributed by atoms with Gasteiger partial charge >= 0.3 is 5.97 Å². The van der Waals surface area contributed by atoms with E-state index < -0.39 is 5.97 Å². The van der Waals surface area contributed by atoms with Crippen LogP contribution in [0, 0.1) is 19.8 Å². The van der Waals surface area contributed by atoms with Gasteiger partial charge in [0.25, 0.3) is 0 Å². The summed E-state index contributed by atoms with van der Waals surface area (Å²) in [6.45, 7) is 8.37. The van der Waals surface area contributed by atoms with Crippen LogP contribution in [0.5, 0.6) is 0 Å². The Kier molecular flexibility index (Phi) is 3.85. The molecule has 1 aromatic rings.